The topological polar surface area (TPSA) is 58.6 Å². The number of carbonyl (C=O) groups is 2. The van der Waals surface area contributed by atoms with E-state index in [1.165, 1.54) is 0 Å². The molecule has 1 heterocycles. The van der Waals surface area contributed by atoms with Gasteiger partial charge in [0.1, 0.15) is 5.60 Å². The first-order chi connectivity index (χ1) is 9.20. The highest BCUT2D eigenvalue weighted by Crippen LogP contribution is 2.33. The number of hydrogen-bond acceptors (Lipinski definition) is 3. The summed E-state index contributed by atoms with van der Waals surface area (Å²) in [5.41, 5.74) is -0.817. The van der Waals surface area contributed by atoms with E-state index in [0.717, 1.165) is 12.8 Å². The summed E-state index contributed by atoms with van der Waals surface area (Å²) in [5.74, 6) is 0.142. The van der Waals surface area contributed by atoms with Crippen molar-refractivity contribution in [2.75, 3.05) is 13.1 Å². The Hall–Kier alpha value is -1.26. The number of nitrogens with one attached hydrogen (secondary N) is 1. The van der Waals surface area contributed by atoms with Crippen molar-refractivity contribution in [2.45, 2.75) is 65.0 Å². The van der Waals surface area contributed by atoms with Gasteiger partial charge in [-0.2, -0.15) is 0 Å². The van der Waals surface area contributed by atoms with Crippen LogP contribution in [0.4, 0.5) is 4.79 Å². The Morgan fingerprint density at radius 1 is 1.20 bits per heavy atom. The quantitative estimate of drug-likeness (QED) is 0.845. The van der Waals surface area contributed by atoms with E-state index in [2.05, 4.69) is 5.32 Å². The molecule has 2 amide bonds. The van der Waals surface area contributed by atoms with Crippen LogP contribution in [0.25, 0.3) is 0 Å². The summed E-state index contributed by atoms with van der Waals surface area (Å²) >= 11 is 0. The highest BCUT2D eigenvalue weighted by molar-refractivity contribution is 5.83. The zero-order valence-corrected chi connectivity index (χ0v) is 13.0. The summed E-state index contributed by atoms with van der Waals surface area (Å²) in [6.45, 7) is 8.76. The number of ether oxygens (including phenoxy) is 1. The van der Waals surface area contributed by atoms with E-state index in [4.69, 9.17) is 4.74 Å². The van der Waals surface area contributed by atoms with E-state index in [0.29, 0.717) is 32.0 Å². The van der Waals surface area contributed by atoms with Gasteiger partial charge in [-0.25, -0.2) is 4.79 Å². The Kier molecular flexibility index (Phi) is 3.98. The van der Waals surface area contributed by atoms with Gasteiger partial charge in [0, 0.05) is 24.5 Å². The monoisotopic (exact) mass is 282 g/mol. The summed E-state index contributed by atoms with van der Waals surface area (Å²) in [6.07, 6.45) is 3.33. The molecule has 0 atom stereocenters. The number of likely N-dealkylation sites (tertiary alicyclic amines) is 1. The first-order valence-corrected chi connectivity index (χ1v) is 7.48. The summed E-state index contributed by atoms with van der Waals surface area (Å²) in [5, 5.41) is 3.07. The van der Waals surface area contributed by atoms with E-state index in [9.17, 15) is 9.59 Å². The molecule has 1 N–H and O–H groups in total. The minimum Gasteiger partial charge on any atom is -0.444 e. The predicted octanol–water partition coefficient (Wildman–Crippen LogP) is 2.30. The Balaban J connectivity index is 1.84. The third-order valence-corrected chi connectivity index (χ3v) is 3.98. The van der Waals surface area contributed by atoms with Crippen LogP contribution in [0.5, 0.6) is 0 Å². The third-order valence-electron chi connectivity index (χ3n) is 3.98. The molecule has 0 aromatic carbocycles. The van der Waals surface area contributed by atoms with Gasteiger partial charge < -0.3 is 15.0 Å². The molecule has 1 saturated heterocycles. The fourth-order valence-corrected chi connectivity index (χ4v) is 2.32. The maximum atomic E-state index is 12.2. The summed E-state index contributed by atoms with van der Waals surface area (Å²) in [7, 11) is 0. The van der Waals surface area contributed by atoms with Gasteiger partial charge in [-0.05, 0) is 46.5 Å². The molecule has 5 nitrogen and oxygen atoms in total. The van der Waals surface area contributed by atoms with Crippen molar-refractivity contribution >= 4 is 12.0 Å². The maximum absolute atomic E-state index is 12.2. The molecule has 2 fully saturated rings. The van der Waals surface area contributed by atoms with Crippen molar-refractivity contribution in [1.82, 2.24) is 10.2 Å². The van der Waals surface area contributed by atoms with Crippen LogP contribution < -0.4 is 5.32 Å². The molecular weight excluding hydrogens is 256 g/mol. The average Bonchev–Trinajstić information content (AvgIpc) is 3.11. The van der Waals surface area contributed by atoms with E-state index < -0.39 is 5.60 Å². The van der Waals surface area contributed by atoms with Gasteiger partial charge in [-0.1, -0.05) is 6.92 Å². The van der Waals surface area contributed by atoms with Gasteiger partial charge in [-0.3, -0.25) is 4.79 Å². The molecule has 5 heteroatoms. The van der Waals surface area contributed by atoms with Crippen LogP contribution in [0.3, 0.4) is 0 Å². The molecule has 1 aliphatic carbocycles. The Labute approximate surface area is 121 Å². The minimum absolute atomic E-state index is 0.142. The molecule has 0 radical (unpaired) electrons. The molecule has 2 aliphatic rings. The summed E-state index contributed by atoms with van der Waals surface area (Å²) in [4.78, 5) is 25.9. The lowest BCUT2D eigenvalue weighted by molar-refractivity contribution is -0.132. The second-order valence-corrected chi connectivity index (χ2v) is 7.28. The summed E-state index contributed by atoms with van der Waals surface area (Å²) in [6, 6.07) is 0.392. The first kappa shape index (κ1) is 15.1. The fourth-order valence-electron chi connectivity index (χ4n) is 2.32. The molecule has 0 aromatic heterocycles. The van der Waals surface area contributed by atoms with Crippen molar-refractivity contribution in [2.24, 2.45) is 5.41 Å². The van der Waals surface area contributed by atoms with Crippen molar-refractivity contribution in [3.05, 3.63) is 0 Å². The lowest BCUT2D eigenvalue weighted by atomic mass is 9.79. The number of hydrogen-bond donors (Lipinski definition) is 1. The van der Waals surface area contributed by atoms with Gasteiger partial charge in [0.15, 0.2) is 0 Å². The fraction of sp³-hybridized carbons (Fsp3) is 0.867. The molecular formula is C15H26N2O3. The largest absolute Gasteiger partial charge is 0.444 e. The normalized spacial score (nSPS) is 22.3. The zero-order chi connectivity index (χ0) is 15.0. The molecule has 114 valence electrons. The first-order valence-electron chi connectivity index (χ1n) is 7.48. The van der Waals surface area contributed by atoms with Gasteiger partial charge in [0.2, 0.25) is 5.91 Å². The van der Waals surface area contributed by atoms with Crippen LogP contribution in [0.1, 0.15) is 53.4 Å². The van der Waals surface area contributed by atoms with Crippen LogP contribution in [0.15, 0.2) is 0 Å². The average molecular weight is 282 g/mol. The van der Waals surface area contributed by atoms with Crippen LogP contribution in [0.2, 0.25) is 0 Å². The highest BCUT2D eigenvalue weighted by atomic mass is 16.6. The van der Waals surface area contributed by atoms with Crippen LogP contribution in [0, 0.1) is 5.41 Å². The smallest absolute Gasteiger partial charge is 0.410 e. The Morgan fingerprint density at radius 3 is 2.20 bits per heavy atom. The van der Waals surface area contributed by atoms with E-state index in [1.807, 2.05) is 27.7 Å². The maximum Gasteiger partial charge on any atom is 0.410 e. The number of amides is 2. The molecule has 2 rings (SSSR count). The molecule has 1 aliphatic heterocycles. The SMILES string of the molecule is CC(C)(C)OC(=O)N1CCC(C)(C(=O)NC2CC2)CC1. The van der Waals surface area contributed by atoms with Crippen molar-refractivity contribution in [3.63, 3.8) is 0 Å². The van der Waals surface area contributed by atoms with E-state index >= 15 is 0 Å². The molecule has 0 unspecified atom stereocenters. The molecule has 20 heavy (non-hydrogen) atoms. The molecule has 1 saturated carbocycles. The van der Waals surface area contributed by atoms with Crippen molar-refractivity contribution in [1.29, 1.82) is 0 Å². The number of rotatable bonds is 2. The minimum atomic E-state index is -0.471. The van der Waals surface area contributed by atoms with Crippen LogP contribution in [-0.4, -0.2) is 41.6 Å². The van der Waals surface area contributed by atoms with Crippen molar-refractivity contribution < 1.29 is 14.3 Å². The second kappa shape index (κ2) is 5.26. The highest BCUT2D eigenvalue weighted by Gasteiger charge is 2.40. The van der Waals surface area contributed by atoms with Gasteiger partial charge >= 0.3 is 6.09 Å². The number of carbonyl (C=O) groups excluding carboxylic acids is 2. The molecule has 0 spiro atoms. The van der Waals surface area contributed by atoms with Gasteiger partial charge in [0.25, 0.3) is 0 Å². The lowest BCUT2D eigenvalue weighted by Crippen LogP contribution is -2.50. The van der Waals surface area contributed by atoms with Gasteiger partial charge in [-0.15, -0.1) is 0 Å². The number of nitrogens with zero attached hydrogens (tertiary/aromatic N) is 1. The number of piperidine rings is 1. The Bertz CT molecular complexity index is 388. The standard InChI is InChI=1S/C15H26N2O3/c1-14(2,3)20-13(19)17-9-7-15(4,8-10-17)12(18)16-11-5-6-11/h11H,5-10H2,1-4H3,(H,16,18). The Morgan fingerprint density at radius 2 is 1.75 bits per heavy atom. The van der Waals surface area contributed by atoms with Crippen molar-refractivity contribution in [3.8, 4) is 0 Å². The second-order valence-electron chi connectivity index (χ2n) is 7.28. The van der Waals surface area contributed by atoms with E-state index in [1.54, 1.807) is 4.90 Å². The third kappa shape index (κ3) is 3.87. The predicted molar refractivity (Wildman–Crippen MR) is 76.3 cm³/mol. The molecule has 0 bridgehead atoms. The van der Waals surface area contributed by atoms with Crippen LogP contribution >= 0.6 is 0 Å². The van der Waals surface area contributed by atoms with Gasteiger partial charge in [0.05, 0.1) is 0 Å². The van der Waals surface area contributed by atoms with E-state index in [-0.39, 0.29) is 17.4 Å². The van der Waals surface area contributed by atoms with Crippen LogP contribution in [-0.2, 0) is 9.53 Å². The molecule has 0 aromatic rings. The summed E-state index contributed by atoms with van der Waals surface area (Å²) < 4.78 is 5.37. The lowest BCUT2D eigenvalue weighted by Gasteiger charge is -2.38. The zero-order valence-electron chi connectivity index (χ0n) is 13.0.